The first-order chi connectivity index (χ1) is 19.8. The van der Waals surface area contributed by atoms with E-state index in [1.54, 1.807) is 0 Å². The van der Waals surface area contributed by atoms with E-state index in [0.717, 1.165) is 11.1 Å². The van der Waals surface area contributed by atoms with Gasteiger partial charge in [-0.1, -0.05) is 20.8 Å². The molecule has 7 rings (SSSR count). The molecule has 0 aromatic heterocycles. The van der Waals surface area contributed by atoms with Crippen LogP contribution in [0.2, 0.25) is 0 Å². The van der Waals surface area contributed by atoms with E-state index in [1.807, 2.05) is 13.8 Å². The van der Waals surface area contributed by atoms with Gasteiger partial charge in [-0.2, -0.15) is 0 Å². The summed E-state index contributed by atoms with van der Waals surface area (Å²) in [6.07, 6.45) is -0.473. The van der Waals surface area contributed by atoms with Crippen molar-refractivity contribution >= 4 is 29.7 Å². The highest BCUT2D eigenvalue weighted by Gasteiger charge is 3.01. The number of aliphatic carboxylic acids is 1. The van der Waals surface area contributed by atoms with Gasteiger partial charge in [-0.3, -0.25) is 14.4 Å². The Hall–Kier alpha value is -3.03. The van der Waals surface area contributed by atoms with Crippen molar-refractivity contribution in [3.05, 3.63) is 11.1 Å². The van der Waals surface area contributed by atoms with Crippen LogP contribution in [0.15, 0.2) is 11.1 Å². The highest BCUT2D eigenvalue weighted by Crippen LogP contribution is 2.83. The number of cyclic esters (lactones) is 1. The fraction of sp³-hybridized carbons (Fsp3) is 0.759. The molecule has 2 spiro atoms. The molecule has 7 aliphatic rings. The molecule has 1 unspecified atom stereocenters. The molecule has 4 N–H and O–H groups in total. The van der Waals surface area contributed by atoms with Crippen LogP contribution in [0.3, 0.4) is 0 Å². The monoisotopic (exact) mass is 588 g/mol. The van der Waals surface area contributed by atoms with E-state index < -0.39 is 52.7 Å². The molecule has 4 aliphatic heterocycles. The number of nitrogens with one attached hydrogen (secondary N) is 1. The molecule has 4 heterocycles. The van der Waals surface area contributed by atoms with E-state index in [0.29, 0.717) is 19.3 Å². The minimum absolute atomic E-state index is 0.0151. The molecule has 0 aromatic carbocycles. The van der Waals surface area contributed by atoms with Gasteiger partial charge in [-0.05, 0) is 43.1 Å². The maximum absolute atomic E-state index is 13.3. The summed E-state index contributed by atoms with van der Waals surface area (Å²) in [7, 11) is 0. The predicted octanol–water partition coefficient (Wildman–Crippen LogP) is 0.269. The summed E-state index contributed by atoms with van der Waals surface area (Å²) < 4.78 is 31.2. The van der Waals surface area contributed by atoms with Gasteiger partial charge in [0.05, 0.1) is 12.5 Å². The zero-order valence-electron chi connectivity index (χ0n) is 23.8. The normalized spacial score (nSPS) is 43.8. The van der Waals surface area contributed by atoms with Gasteiger partial charge in [-0.15, -0.1) is 0 Å². The van der Waals surface area contributed by atoms with Gasteiger partial charge >= 0.3 is 17.9 Å². The van der Waals surface area contributed by atoms with Crippen LogP contribution in [0, 0.1) is 17.3 Å². The second kappa shape index (κ2) is 8.76. The molecule has 10 atom stereocenters. The zero-order chi connectivity index (χ0) is 30.0. The van der Waals surface area contributed by atoms with E-state index in [1.165, 1.54) is 0 Å². The molecule has 42 heavy (non-hydrogen) atoms. The Balaban J connectivity index is 1.10. The van der Waals surface area contributed by atoms with E-state index in [-0.39, 0.29) is 73.8 Å². The molecule has 13 nitrogen and oxygen atoms in total. The van der Waals surface area contributed by atoms with Gasteiger partial charge in [0.2, 0.25) is 11.8 Å². The van der Waals surface area contributed by atoms with Gasteiger partial charge in [0.1, 0.15) is 36.1 Å². The maximum atomic E-state index is 13.3. The molecule has 228 valence electrons. The summed E-state index contributed by atoms with van der Waals surface area (Å²) in [6.45, 7) is 6.51. The highest BCUT2D eigenvalue weighted by molar-refractivity contribution is 5.92. The minimum Gasteiger partial charge on any atom is -0.480 e. The van der Waals surface area contributed by atoms with Crippen LogP contribution in [0.25, 0.3) is 0 Å². The number of hydrogen-bond acceptors (Lipinski definition) is 10. The van der Waals surface area contributed by atoms with Crippen LogP contribution in [0.4, 0.5) is 0 Å². The summed E-state index contributed by atoms with van der Waals surface area (Å²) in [5.74, 6) is -3.46. The van der Waals surface area contributed by atoms with Crippen LogP contribution in [-0.4, -0.2) is 88.7 Å². The number of carbonyl (C=O) groups excluding carboxylic acids is 4. The number of primary amides is 1. The van der Waals surface area contributed by atoms with Crippen molar-refractivity contribution in [3.63, 3.8) is 0 Å². The molecular weight excluding hydrogens is 552 g/mol. The third-order valence-corrected chi connectivity index (χ3v) is 11.2. The lowest BCUT2D eigenvalue weighted by Crippen LogP contribution is -2.70. The summed E-state index contributed by atoms with van der Waals surface area (Å²) in [4.78, 5) is 60.7. The second-order valence-corrected chi connectivity index (χ2v) is 13.3. The van der Waals surface area contributed by atoms with Crippen LogP contribution in [0.1, 0.15) is 65.7 Å². The molecule has 0 aromatic rings. The molecule has 5 fully saturated rings. The summed E-state index contributed by atoms with van der Waals surface area (Å²) in [6, 6.07) is -1.30. The van der Waals surface area contributed by atoms with Crippen molar-refractivity contribution in [2.75, 3.05) is 6.61 Å². The van der Waals surface area contributed by atoms with Crippen molar-refractivity contribution < 1.29 is 52.8 Å². The number of nitrogens with two attached hydrogens (primary N) is 1. The maximum Gasteiger partial charge on any atom is 0.334 e. The number of carboxylic acids is 1. The average molecular weight is 589 g/mol. The van der Waals surface area contributed by atoms with Crippen molar-refractivity contribution in [3.8, 4) is 0 Å². The summed E-state index contributed by atoms with van der Waals surface area (Å²) in [5.41, 5.74) is 4.10. The molecular formula is C29H36N2O11. The molecule has 3 saturated heterocycles. The Kier molecular flexibility index (Phi) is 5.79. The number of carbonyl (C=O) groups is 5. The molecule has 3 aliphatic carbocycles. The topological polar surface area (TPSA) is 200 Å². The largest absolute Gasteiger partial charge is 0.480 e. The first-order valence-corrected chi connectivity index (χ1v) is 14.8. The van der Waals surface area contributed by atoms with Crippen LogP contribution in [0.5, 0.6) is 0 Å². The molecule has 2 amide bonds. The van der Waals surface area contributed by atoms with Crippen molar-refractivity contribution in [1.29, 1.82) is 0 Å². The molecule has 0 radical (unpaired) electrons. The fourth-order valence-corrected chi connectivity index (χ4v) is 9.06. The number of epoxide rings is 3. The van der Waals surface area contributed by atoms with Crippen molar-refractivity contribution in [2.45, 2.75) is 113 Å². The zero-order valence-corrected chi connectivity index (χ0v) is 23.8. The fourth-order valence-electron chi connectivity index (χ4n) is 9.06. The average Bonchev–Trinajstić information content (AvgIpc) is 3.83. The third-order valence-electron chi connectivity index (χ3n) is 11.2. The lowest BCUT2D eigenvalue weighted by Gasteiger charge is -2.53. The van der Waals surface area contributed by atoms with Gasteiger partial charge in [0, 0.05) is 23.8 Å². The van der Waals surface area contributed by atoms with Gasteiger partial charge in [-0.25, -0.2) is 9.59 Å². The lowest BCUT2D eigenvalue weighted by atomic mass is 9.46. The van der Waals surface area contributed by atoms with Gasteiger partial charge in [0.15, 0.2) is 11.7 Å². The second-order valence-electron chi connectivity index (χ2n) is 13.3. The van der Waals surface area contributed by atoms with Crippen molar-refractivity contribution in [1.82, 2.24) is 5.32 Å². The standard InChI is InChI=1S/C29H36N2O11/c1-12(2)27-21(41-27)22-29(42-22)26(3)9-8-13-14(11-38-24(13)37)15(26)10-17-28(29,40-17)25(27)39-20(34)7-6-19(33)31-16(23(35)36)4-5-18(30)32/h12,15-17,21-22,25H,4-11H2,1-3H3,(H2,30,32)(H,31,33)(H,35,36)/t15?,16-,17-,21-,22-,25+,26-,27-,28+,29+/m0/s1. The van der Waals surface area contributed by atoms with E-state index in [4.69, 9.17) is 29.4 Å². The lowest BCUT2D eigenvalue weighted by molar-refractivity contribution is -0.169. The molecule has 13 heteroatoms. The van der Waals surface area contributed by atoms with Gasteiger partial charge < -0.3 is 39.8 Å². The number of rotatable bonds is 10. The Morgan fingerprint density at radius 2 is 1.88 bits per heavy atom. The minimum atomic E-state index is -1.30. The number of hydrogen-bond donors (Lipinski definition) is 3. The predicted molar refractivity (Wildman–Crippen MR) is 138 cm³/mol. The number of ether oxygens (including phenoxy) is 5. The third kappa shape index (κ3) is 3.38. The van der Waals surface area contributed by atoms with E-state index in [2.05, 4.69) is 12.2 Å². The number of amides is 2. The summed E-state index contributed by atoms with van der Waals surface area (Å²) >= 11 is 0. The van der Waals surface area contributed by atoms with Crippen molar-refractivity contribution in [2.24, 2.45) is 23.0 Å². The number of carboxylic acid groups (broad SMARTS) is 1. The smallest absolute Gasteiger partial charge is 0.334 e. The quantitative estimate of drug-likeness (QED) is 0.234. The van der Waals surface area contributed by atoms with Crippen LogP contribution >= 0.6 is 0 Å². The molecule has 2 saturated carbocycles. The number of esters is 2. The molecule has 0 bridgehead atoms. The Morgan fingerprint density at radius 1 is 1.12 bits per heavy atom. The first-order valence-electron chi connectivity index (χ1n) is 14.8. The van der Waals surface area contributed by atoms with Gasteiger partial charge in [0.25, 0.3) is 0 Å². The Morgan fingerprint density at radius 3 is 2.57 bits per heavy atom. The van der Waals surface area contributed by atoms with E-state index >= 15 is 0 Å². The first kappa shape index (κ1) is 27.8. The van der Waals surface area contributed by atoms with E-state index in [9.17, 15) is 29.1 Å². The Labute approximate surface area is 241 Å². The van der Waals surface area contributed by atoms with Crippen LogP contribution < -0.4 is 11.1 Å². The van der Waals surface area contributed by atoms with Crippen LogP contribution in [-0.2, 0) is 47.7 Å². The highest BCUT2D eigenvalue weighted by atomic mass is 16.8. The number of fused-ring (bicyclic) bond motifs is 4. The Bertz CT molecular complexity index is 1340. The summed E-state index contributed by atoms with van der Waals surface area (Å²) in [5, 5.41) is 11.7. The SMILES string of the molecule is CC(C)[C@]12O[C@H]1[C@@H]1O[C@]13[C@]1(O[C@H]1CC1C4=C(CC[C@@]13C)C(=O)OC4)[C@@H]2OC(=O)CCC(=O)N[C@@H](CCC(N)=O)C(=O)O.